The van der Waals surface area contributed by atoms with Crippen LogP contribution in [0.2, 0.25) is 0 Å². The van der Waals surface area contributed by atoms with E-state index in [9.17, 15) is 22.9 Å². The quantitative estimate of drug-likeness (QED) is 0.393. The number of carbonyl (C=O) groups is 1. The van der Waals surface area contributed by atoms with Crippen LogP contribution in [0.3, 0.4) is 0 Å². The molecule has 0 saturated heterocycles. The average molecular weight is 474 g/mol. The number of hydrogen-bond donors (Lipinski definition) is 1. The number of nitrogens with zero attached hydrogens (tertiary/aromatic N) is 2. The maximum absolute atomic E-state index is 14.2. The number of para-hydroxylation sites is 1. The Kier molecular flexibility index (Phi) is 6.30. The van der Waals surface area contributed by atoms with Crippen LogP contribution in [0, 0.1) is 17.1 Å². The largest absolute Gasteiger partial charge is 0.342 e. The van der Waals surface area contributed by atoms with Gasteiger partial charge in [0.05, 0.1) is 11.4 Å². The molecule has 4 aromatic rings. The normalized spacial score (nSPS) is 11.9. The second-order valence-electron chi connectivity index (χ2n) is 7.65. The average Bonchev–Trinajstić information content (AvgIpc) is 3.16. The molecular weight excluding hydrogens is 453 g/mol. The number of fused-ring (bicyclic) bond motifs is 1. The van der Waals surface area contributed by atoms with Crippen LogP contribution >= 0.6 is 0 Å². The van der Waals surface area contributed by atoms with Gasteiger partial charge >= 0.3 is 0 Å². The van der Waals surface area contributed by atoms with E-state index in [1.165, 1.54) is 43.3 Å². The van der Waals surface area contributed by atoms with Crippen molar-refractivity contribution < 1.29 is 17.6 Å². The molecule has 1 N–H and O–H groups in total. The molecule has 34 heavy (non-hydrogen) atoms. The summed E-state index contributed by atoms with van der Waals surface area (Å²) in [5.74, 6) is -0.611. The van der Waals surface area contributed by atoms with E-state index in [-0.39, 0.29) is 23.2 Å². The summed E-state index contributed by atoms with van der Waals surface area (Å²) in [6, 6.07) is 21.2. The third-order valence-corrected chi connectivity index (χ3v) is 6.97. The van der Waals surface area contributed by atoms with E-state index in [1.54, 1.807) is 30.5 Å². The van der Waals surface area contributed by atoms with E-state index in [4.69, 9.17) is 0 Å². The number of halogens is 1. The molecule has 6 nitrogen and oxygen atoms in total. The highest BCUT2D eigenvalue weighted by Crippen LogP contribution is 2.28. The molecule has 3 aromatic carbocycles. The Bertz CT molecular complexity index is 1560. The highest BCUT2D eigenvalue weighted by atomic mass is 32.2. The highest BCUT2D eigenvalue weighted by Gasteiger charge is 2.22. The van der Waals surface area contributed by atoms with E-state index < -0.39 is 14.7 Å². The number of sulfone groups is 1. The first-order chi connectivity index (χ1) is 16.3. The van der Waals surface area contributed by atoms with Crippen molar-refractivity contribution >= 4 is 38.4 Å². The standard InChI is InChI=1S/C26H20FN3O3S/c1-18(31)29-21-10-12-22(13-11-21)34(32,33)23(15-28)14-20-17-30(26-9-5-3-7-24(20)26)16-19-6-2-4-8-25(19)27/h2-14,17H,16H2,1H3,(H,29,31)/b23-14+. The van der Waals surface area contributed by atoms with Crippen LogP contribution in [0.25, 0.3) is 17.0 Å². The molecule has 0 aliphatic rings. The van der Waals surface area contributed by atoms with E-state index in [0.717, 1.165) is 10.9 Å². The number of carbonyl (C=O) groups excluding carboxylic acids is 1. The van der Waals surface area contributed by atoms with E-state index in [0.29, 0.717) is 16.8 Å². The van der Waals surface area contributed by atoms with Gasteiger partial charge in [0.15, 0.2) is 0 Å². The Morgan fingerprint density at radius 3 is 2.41 bits per heavy atom. The molecule has 0 radical (unpaired) electrons. The van der Waals surface area contributed by atoms with Gasteiger partial charge in [0, 0.05) is 40.8 Å². The highest BCUT2D eigenvalue weighted by molar-refractivity contribution is 7.95. The summed E-state index contributed by atoms with van der Waals surface area (Å²) in [7, 11) is -4.10. The zero-order valence-corrected chi connectivity index (χ0v) is 19.0. The zero-order chi connectivity index (χ0) is 24.3. The van der Waals surface area contributed by atoms with Gasteiger partial charge in [0.25, 0.3) is 0 Å². The van der Waals surface area contributed by atoms with E-state index >= 15 is 0 Å². The Balaban J connectivity index is 1.75. The second-order valence-corrected chi connectivity index (χ2v) is 9.57. The van der Waals surface area contributed by atoms with Crippen LogP contribution in [0.15, 0.2) is 88.8 Å². The topological polar surface area (TPSA) is 92.0 Å². The molecule has 1 amide bonds. The van der Waals surface area contributed by atoms with Gasteiger partial charge in [-0.05, 0) is 42.5 Å². The number of benzene rings is 3. The lowest BCUT2D eigenvalue weighted by atomic mass is 10.1. The number of nitrogens with one attached hydrogen (secondary N) is 1. The molecule has 8 heteroatoms. The molecule has 1 aromatic heterocycles. The molecule has 0 unspecified atom stereocenters. The van der Waals surface area contributed by atoms with Gasteiger partial charge in [-0.2, -0.15) is 5.26 Å². The number of amides is 1. The fourth-order valence-corrected chi connectivity index (χ4v) is 4.84. The summed E-state index contributed by atoms with van der Waals surface area (Å²) in [5.41, 5.74) is 2.25. The monoisotopic (exact) mass is 473 g/mol. The molecule has 4 rings (SSSR count). The first-order valence-corrected chi connectivity index (χ1v) is 11.8. The van der Waals surface area contributed by atoms with Gasteiger partial charge in [0.1, 0.15) is 16.8 Å². The minimum atomic E-state index is -4.10. The second kappa shape index (κ2) is 9.33. The van der Waals surface area contributed by atoms with Gasteiger partial charge in [-0.1, -0.05) is 36.4 Å². The summed E-state index contributed by atoms with van der Waals surface area (Å²) < 4.78 is 42.3. The van der Waals surface area contributed by atoms with Crippen molar-refractivity contribution in [3.63, 3.8) is 0 Å². The smallest absolute Gasteiger partial charge is 0.221 e. The summed E-state index contributed by atoms with van der Waals surface area (Å²) in [6.07, 6.45) is 3.04. The summed E-state index contributed by atoms with van der Waals surface area (Å²) in [6.45, 7) is 1.60. The van der Waals surface area contributed by atoms with Crippen LogP contribution in [-0.4, -0.2) is 18.9 Å². The maximum Gasteiger partial charge on any atom is 0.221 e. The van der Waals surface area contributed by atoms with Crippen LogP contribution in [0.5, 0.6) is 0 Å². The summed E-state index contributed by atoms with van der Waals surface area (Å²) >= 11 is 0. The number of hydrogen-bond acceptors (Lipinski definition) is 4. The van der Waals surface area contributed by atoms with Crippen LogP contribution in [0.1, 0.15) is 18.1 Å². The Morgan fingerprint density at radius 1 is 1.06 bits per heavy atom. The molecular formula is C26H20FN3O3S. The molecule has 170 valence electrons. The SMILES string of the molecule is CC(=O)Nc1ccc(S(=O)(=O)/C(C#N)=C/c2cn(Cc3ccccc3F)c3ccccc23)cc1. The van der Waals surface area contributed by atoms with Gasteiger partial charge in [0.2, 0.25) is 15.7 Å². The number of aromatic nitrogens is 1. The Hall–Kier alpha value is -4.22. The molecule has 0 aliphatic carbocycles. The van der Waals surface area contributed by atoms with E-state index in [1.807, 2.05) is 28.8 Å². The van der Waals surface area contributed by atoms with Crippen molar-refractivity contribution in [1.82, 2.24) is 4.57 Å². The van der Waals surface area contributed by atoms with Crippen molar-refractivity contribution in [2.24, 2.45) is 0 Å². The van der Waals surface area contributed by atoms with Crippen LogP contribution in [-0.2, 0) is 21.2 Å². The maximum atomic E-state index is 14.2. The number of allylic oxidation sites excluding steroid dienone is 1. The first kappa shape index (κ1) is 23.0. The lowest BCUT2D eigenvalue weighted by Gasteiger charge is -2.06. The van der Waals surface area contributed by atoms with Crippen molar-refractivity contribution in [2.75, 3.05) is 5.32 Å². The molecule has 0 aliphatic heterocycles. The Morgan fingerprint density at radius 2 is 1.74 bits per heavy atom. The van der Waals surface area contributed by atoms with Crippen molar-refractivity contribution in [2.45, 2.75) is 18.4 Å². The molecule has 0 fully saturated rings. The van der Waals surface area contributed by atoms with Gasteiger partial charge < -0.3 is 9.88 Å². The van der Waals surface area contributed by atoms with Crippen molar-refractivity contribution in [3.05, 3.63) is 101 Å². The van der Waals surface area contributed by atoms with Gasteiger partial charge in [-0.3, -0.25) is 4.79 Å². The van der Waals surface area contributed by atoms with Gasteiger partial charge in [-0.15, -0.1) is 0 Å². The van der Waals surface area contributed by atoms with Gasteiger partial charge in [-0.25, -0.2) is 12.8 Å². The predicted octanol–water partition coefficient (Wildman–Crippen LogP) is 5.13. The van der Waals surface area contributed by atoms with Crippen LogP contribution < -0.4 is 5.32 Å². The Labute approximate surface area is 196 Å². The predicted molar refractivity (Wildman–Crippen MR) is 129 cm³/mol. The van der Waals surface area contributed by atoms with Crippen LogP contribution in [0.4, 0.5) is 10.1 Å². The minimum absolute atomic E-state index is 0.0653. The molecule has 0 atom stereocenters. The summed E-state index contributed by atoms with van der Waals surface area (Å²) in [5, 5.41) is 13.0. The third-order valence-electron chi connectivity index (χ3n) is 5.29. The molecule has 0 saturated carbocycles. The van der Waals surface area contributed by atoms with E-state index in [2.05, 4.69) is 5.32 Å². The van der Waals surface area contributed by atoms with Crippen molar-refractivity contribution in [3.8, 4) is 6.07 Å². The number of rotatable bonds is 6. The zero-order valence-electron chi connectivity index (χ0n) is 18.2. The first-order valence-electron chi connectivity index (χ1n) is 10.4. The third kappa shape index (κ3) is 4.60. The molecule has 0 spiro atoms. The summed E-state index contributed by atoms with van der Waals surface area (Å²) in [4.78, 5) is 10.7. The molecule has 1 heterocycles. The van der Waals surface area contributed by atoms with Crippen molar-refractivity contribution in [1.29, 1.82) is 5.26 Å². The number of nitriles is 1. The lowest BCUT2D eigenvalue weighted by molar-refractivity contribution is -0.114. The fourth-order valence-electron chi connectivity index (χ4n) is 3.69. The minimum Gasteiger partial charge on any atom is -0.342 e. The number of anilines is 1. The molecule has 0 bridgehead atoms. The fraction of sp³-hybridized carbons (Fsp3) is 0.0769. The lowest BCUT2D eigenvalue weighted by Crippen LogP contribution is -2.07.